The summed E-state index contributed by atoms with van der Waals surface area (Å²) in [5, 5.41) is 11.0. The summed E-state index contributed by atoms with van der Waals surface area (Å²) in [5.74, 6) is -0.506. The van der Waals surface area contributed by atoms with Crippen molar-refractivity contribution in [2.75, 3.05) is 11.9 Å². The normalized spacial score (nSPS) is 9.56. The number of carboxylic acids is 1. The molecule has 0 saturated heterocycles. The molecule has 0 aromatic carbocycles. The summed E-state index contributed by atoms with van der Waals surface area (Å²) in [5.41, 5.74) is 0.794. The standard InChI is InChI=1S/C12H14N2O4/c1-2-7-18-12(17)14-10-5-3-9(8-13-10)4-6-11(15)16/h2-3,5,8H,1,4,6-7H2,(H,15,16)(H,13,14,17). The van der Waals surface area contributed by atoms with Gasteiger partial charge in [-0.15, -0.1) is 0 Å². The molecule has 2 N–H and O–H groups in total. The number of aryl methyl sites for hydroxylation is 1. The number of aliphatic carboxylic acids is 1. The third kappa shape index (κ3) is 5.11. The minimum Gasteiger partial charge on any atom is -0.481 e. The van der Waals surface area contributed by atoms with Crippen LogP contribution in [0.5, 0.6) is 0 Å². The van der Waals surface area contributed by atoms with E-state index in [0.717, 1.165) is 5.56 Å². The van der Waals surface area contributed by atoms with Crippen LogP contribution in [0.2, 0.25) is 0 Å². The summed E-state index contributed by atoms with van der Waals surface area (Å²) in [6.45, 7) is 3.54. The van der Waals surface area contributed by atoms with Crippen LogP contribution in [0.4, 0.5) is 10.6 Å². The predicted octanol–water partition coefficient (Wildman–Crippen LogP) is 1.83. The molecule has 0 fully saturated rings. The van der Waals surface area contributed by atoms with Crippen LogP contribution in [0.25, 0.3) is 0 Å². The van der Waals surface area contributed by atoms with E-state index in [1.165, 1.54) is 12.3 Å². The number of carbonyl (C=O) groups excluding carboxylic acids is 1. The summed E-state index contributed by atoms with van der Waals surface area (Å²) < 4.78 is 4.72. The van der Waals surface area contributed by atoms with Gasteiger partial charge in [0.25, 0.3) is 0 Å². The van der Waals surface area contributed by atoms with E-state index in [4.69, 9.17) is 9.84 Å². The van der Waals surface area contributed by atoms with Crippen molar-refractivity contribution in [1.82, 2.24) is 4.98 Å². The lowest BCUT2D eigenvalue weighted by molar-refractivity contribution is -0.136. The molecule has 0 bridgehead atoms. The second-order valence-electron chi connectivity index (χ2n) is 3.46. The molecule has 6 heteroatoms. The number of hydrogen-bond acceptors (Lipinski definition) is 4. The lowest BCUT2D eigenvalue weighted by atomic mass is 10.1. The van der Waals surface area contributed by atoms with Crippen molar-refractivity contribution in [3.05, 3.63) is 36.5 Å². The molecule has 0 spiro atoms. The molecule has 0 saturated carbocycles. The van der Waals surface area contributed by atoms with Crippen LogP contribution in [0.3, 0.4) is 0 Å². The second kappa shape index (κ2) is 7.05. The molecule has 0 radical (unpaired) electrons. The van der Waals surface area contributed by atoms with Gasteiger partial charge in [-0.05, 0) is 18.1 Å². The predicted molar refractivity (Wildman–Crippen MR) is 65.4 cm³/mol. The highest BCUT2D eigenvalue weighted by Gasteiger charge is 2.04. The Bertz CT molecular complexity index is 428. The van der Waals surface area contributed by atoms with Crippen LogP contribution in [0, 0.1) is 0 Å². The molecular formula is C12H14N2O4. The molecule has 1 amide bonds. The van der Waals surface area contributed by atoms with Gasteiger partial charge in [0.1, 0.15) is 12.4 Å². The maximum absolute atomic E-state index is 11.2. The number of nitrogens with zero attached hydrogens (tertiary/aromatic N) is 1. The lowest BCUT2D eigenvalue weighted by Crippen LogP contribution is -2.14. The van der Waals surface area contributed by atoms with Crippen molar-refractivity contribution in [3.63, 3.8) is 0 Å². The summed E-state index contributed by atoms with van der Waals surface area (Å²) in [4.78, 5) is 25.5. The lowest BCUT2D eigenvalue weighted by Gasteiger charge is -2.05. The Morgan fingerprint density at radius 3 is 2.83 bits per heavy atom. The van der Waals surface area contributed by atoms with Gasteiger partial charge >= 0.3 is 12.1 Å². The number of amides is 1. The Hall–Kier alpha value is -2.37. The zero-order valence-electron chi connectivity index (χ0n) is 9.76. The molecular weight excluding hydrogens is 236 g/mol. The van der Waals surface area contributed by atoms with Gasteiger partial charge in [0.05, 0.1) is 0 Å². The van der Waals surface area contributed by atoms with Crippen molar-refractivity contribution < 1.29 is 19.4 Å². The number of carbonyl (C=O) groups is 2. The largest absolute Gasteiger partial charge is 0.481 e. The van der Waals surface area contributed by atoms with Gasteiger partial charge in [0.15, 0.2) is 0 Å². The average Bonchev–Trinajstić information content (AvgIpc) is 2.35. The summed E-state index contributed by atoms with van der Waals surface area (Å²) in [6, 6.07) is 3.30. The summed E-state index contributed by atoms with van der Waals surface area (Å²) >= 11 is 0. The van der Waals surface area contributed by atoms with Crippen LogP contribution in [0.15, 0.2) is 31.0 Å². The van der Waals surface area contributed by atoms with Crippen molar-refractivity contribution in [1.29, 1.82) is 0 Å². The fourth-order valence-corrected chi connectivity index (χ4v) is 1.17. The molecule has 1 rings (SSSR count). The van der Waals surface area contributed by atoms with Crippen LogP contribution in [-0.4, -0.2) is 28.8 Å². The van der Waals surface area contributed by atoms with Crippen molar-refractivity contribution >= 4 is 17.9 Å². The molecule has 18 heavy (non-hydrogen) atoms. The number of pyridine rings is 1. The molecule has 0 aliphatic carbocycles. The third-order valence-electron chi connectivity index (χ3n) is 2.01. The minimum absolute atomic E-state index is 0.0514. The van der Waals surface area contributed by atoms with E-state index in [9.17, 15) is 9.59 Å². The van der Waals surface area contributed by atoms with Crippen molar-refractivity contribution in [2.45, 2.75) is 12.8 Å². The quantitative estimate of drug-likeness (QED) is 0.752. The average molecular weight is 250 g/mol. The Labute approximate surface area is 104 Å². The van der Waals surface area contributed by atoms with Gasteiger partial charge in [-0.2, -0.15) is 0 Å². The zero-order chi connectivity index (χ0) is 13.4. The topological polar surface area (TPSA) is 88.5 Å². The van der Waals surface area contributed by atoms with E-state index in [0.29, 0.717) is 12.2 Å². The highest BCUT2D eigenvalue weighted by molar-refractivity contribution is 5.83. The zero-order valence-corrected chi connectivity index (χ0v) is 9.76. The van der Waals surface area contributed by atoms with Gasteiger partial charge in [-0.25, -0.2) is 9.78 Å². The molecule has 0 aliphatic rings. The van der Waals surface area contributed by atoms with Gasteiger partial charge < -0.3 is 9.84 Å². The van der Waals surface area contributed by atoms with E-state index in [-0.39, 0.29) is 13.0 Å². The number of aromatic nitrogens is 1. The summed E-state index contributed by atoms with van der Waals surface area (Å²) in [7, 11) is 0. The van der Waals surface area contributed by atoms with Crippen molar-refractivity contribution in [3.8, 4) is 0 Å². The van der Waals surface area contributed by atoms with Gasteiger partial charge in [0.2, 0.25) is 0 Å². The monoisotopic (exact) mass is 250 g/mol. The van der Waals surface area contributed by atoms with E-state index >= 15 is 0 Å². The van der Waals surface area contributed by atoms with Gasteiger partial charge in [-0.1, -0.05) is 18.7 Å². The van der Waals surface area contributed by atoms with Crippen LogP contribution in [-0.2, 0) is 16.0 Å². The number of ether oxygens (including phenoxy) is 1. The molecule has 6 nitrogen and oxygen atoms in total. The van der Waals surface area contributed by atoms with Crippen LogP contribution in [0.1, 0.15) is 12.0 Å². The molecule has 96 valence electrons. The first kappa shape index (κ1) is 13.7. The number of rotatable bonds is 6. The molecule has 0 unspecified atom stereocenters. The highest BCUT2D eigenvalue weighted by Crippen LogP contribution is 2.07. The molecule has 0 aliphatic heterocycles. The molecule has 1 heterocycles. The number of nitrogens with one attached hydrogen (secondary N) is 1. The van der Waals surface area contributed by atoms with Crippen LogP contribution < -0.4 is 5.32 Å². The first-order valence-electron chi connectivity index (χ1n) is 5.33. The third-order valence-corrected chi connectivity index (χ3v) is 2.01. The van der Waals surface area contributed by atoms with E-state index in [1.54, 1.807) is 12.1 Å². The number of hydrogen-bond donors (Lipinski definition) is 2. The minimum atomic E-state index is -0.856. The van der Waals surface area contributed by atoms with E-state index < -0.39 is 12.1 Å². The Balaban J connectivity index is 2.46. The Morgan fingerprint density at radius 1 is 1.50 bits per heavy atom. The maximum atomic E-state index is 11.2. The van der Waals surface area contributed by atoms with Crippen LogP contribution >= 0.6 is 0 Å². The number of anilines is 1. The molecule has 0 atom stereocenters. The smallest absolute Gasteiger partial charge is 0.413 e. The fraction of sp³-hybridized carbons (Fsp3) is 0.250. The van der Waals surface area contributed by atoms with Gasteiger partial charge in [-0.3, -0.25) is 10.1 Å². The van der Waals surface area contributed by atoms with Crippen molar-refractivity contribution in [2.24, 2.45) is 0 Å². The first-order chi connectivity index (χ1) is 8.61. The Morgan fingerprint density at radius 2 is 2.28 bits per heavy atom. The highest BCUT2D eigenvalue weighted by atomic mass is 16.5. The Kier molecular flexibility index (Phi) is 5.37. The fourth-order valence-electron chi connectivity index (χ4n) is 1.17. The first-order valence-corrected chi connectivity index (χ1v) is 5.33. The SMILES string of the molecule is C=CCOC(=O)Nc1ccc(CCC(=O)O)cn1. The number of carboxylic acid groups (broad SMARTS) is 1. The summed E-state index contributed by atoms with van der Waals surface area (Å²) in [6.07, 6.45) is 2.83. The van der Waals surface area contributed by atoms with E-state index in [2.05, 4.69) is 16.9 Å². The molecule has 1 aromatic heterocycles. The van der Waals surface area contributed by atoms with E-state index in [1.807, 2.05) is 0 Å². The maximum Gasteiger partial charge on any atom is 0.413 e. The van der Waals surface area contributed by atoms with Gasteiger partial charge in [0, 0.05) is 12.6 Å². The second-order valence-corrected chi connectivity index (χ2v) is 3.46. The molecule has 1 aromatic rings.